The molecule has 0 radical (unpaired) electrons. The van der Waals surface area contributed by atoms with Crippen molar-refractivity contribution in [3.8, 4) is 5.75 Å². The second-order valence-corrected chi connectivity index (χ2v) is 6.78. The number of hydrogen-bond donors (Lipinski definition) is 1. The Morgan fingerprint density at radius 2 is 1.86 bits per heavy atom. The minimum absolute atomic E-state index is 0.0614. The van der Waals surface area contributed by atoms with Gasteiger partial charge in [0.1, 0.15) is 5.75 Å². The Kier molecular flexibility index (Phi) is 6.10. The zero-order valence-electron chi connectivity index (χ0n) is 15.8. The standard InChI is InChI=1S/C21H21F3N2O3/c1-2-11-29-16-9-7-15(8-10-16)26-13-14(12-19(26)27)20(28)25-18-6-4-3-5-17(18)21(22,23)24/h3-10,14H,2,11-13H2,1H3,(H,25,28)/t14-/m1/s1. The highest BCUT2D eigenvalue weighted by Crippen LogP contribution is 2.35. The van der Waals surface area contributed by atoms with Crippen LogP contribution in [-0.2, 0) is 15.8 Å². The maximum absolute atomic E-state index is 13.1. The predicted molar refractivity (Wildman–Crippen MR) is 103 cm³/mol. The van der Waals surface area contributed by atoms with Crippen molar-refractivity contribution in [3.05, 3.63) is 54.1 Å². The van der Waals surface area contributed by atoms with E-state index in [4.69, 9.17) is 4.74 Å². The Bertz CT molecular complexity index is 881. The molecule has 1 fully saturated rings. The maximum Gasteiger partial charge on any atom is 0.418 e. The van der Waals surface area contributed by atoms with Gasteiger partial charge >= 0.3 is 6.18 Å². The fourth-order valence-corrected chi connectivity index (χ4v) is 3.15. The Morgan fingerprint density at radius 3 is 2.52 bits per heavy atom. The molecule has 0 saturated carbocycles. The molecular formula is C21H21F3N2O3. The van der Waals surface area contributed by atoms with Crippen LogP contribution in [0.4, 0.5) is 24.5 Å². The molecule has 3 rings (SSSR count). The lowest BCUT2D eigenvalue weighted by Crippen LogP contribution is -2.28. The SMILES string of the molecule is CCCOc1ccc(N2C[C@H](C(=O)Nc3ccccc3C(F)(F)F)CC2=O)cc1. The molecule has 0 unspecified atom stereocenters. The summed E-state index contributed by atoms with van der Waals surface area (Å²) in [6, 6.07) is 11.7. The van der Waals surface area contributed by atoms with Gasteiger partial charge in [0.15, 0.2) is 0 Å². The minimum atomic E-state index is -4.58. The van der Waals surface area contributed by atoms with Gasteiger partial charge in [-0.15, -0.1) is 0 Å². The molecule has 5 nitrogen and oxygen atoms in total. The van der Waals surface area contributed by atoms with Crippen LogP contribution in [0.25, 0.3) is 0 Å². The van der Waals surface area contributed by atoms with Crippen LogP contribution in [-0.4, -0.2) is 25.0 Å². The number of nitrogens with one attached hydrogen (secondary N) is 1. The first kappa shape index (κ1) is 20.7. The molecule has 2 amide bonds. The van der Waals surface area contributed by atoms with E-state index in [0.717, 1.165) is 12.5 Å². The molecule has 8 heteroatoms. The summed E-state index contributed by atoms with van der Waals surface area (Å²) in [4.78, 5) is 26.3. The molecule has 0 aromatic heterocycles. The van der Waals surface area contributed by atoms with Gasteiger partial charge in [0.2, 0.25) is 11.8 Å². The Labute approximate surface area is 166 Å². The van der Waals surface area contributed by atoms with E-state index >= 15 is 0 Å². The quantitative estimate of drug-likeness (QED) is 0.769. The number of halogens is 3. The number of alkyl halides is 3. The third kappa shape index (κ3) is 4.88. The van der Waals surface area contributed by atoms with E-state index in [1.165, 1.54) is 23.1 Å². The molecule has 0 bridgehead atoms. The number of amides is 2. The normalized spacial score (nSPS) is 16.8. The van der Waals surface area contributed by atoms with E-state index < -0.39 is 23.6 Å². The van der Waals surface area contributed by atoms with Crippen LogP contribution in [0.15, 0.2) is 48.5 Å². The number of nitrogens with zero attached hydrogens (tertiary/aromatic N) is 1. The molecule has 29 heavy (non-hydrogen) atoms. The number of ether oxygens (including phenoxy) is 1. The maximum atomic E-state index is 13.1. The van der Waals surface area contributed by atoms with Gasteiger partial charge in [0.05, 0.1) is 23.8 Å². The van der Waals surface area contributed by atoms with E-state index in [1.54, 1.807) is 24.3 Å². The molecule has 1 saturated heterocycles. The van der Waals surface area contributed by atoms with Crippen molar-refractivity contribution >= 4 is 23.2 Å². The Morgan fingerprint density at radius 1 is 1.17 bits per heavy atom. The van der Waals surface area contributed by atoms with Crippen molar-refractivity contribution < 1.29 is 27.5 Å². The molecule has 0 spiro atoms. The fourth-order valence-electron chi connectivity index (χ4n) is 3.15. The summed E-state index contributed by atoms with van der Waals surface area (Å²) >= 11 is 0. The van der Waals surface area contributed by atoms with E-state index in [-0.39, 0.29) is 24.6 Å². The molecule has 1 N–H and O–H groups in total. The molecule has 1 aliphatic heterocycles. The highest BCUT2D eigenvalue weighted by atomic mass is 19.4. The van der Waals surface area contributed by atoms with Gasteiger partial charge < -0.3 is 15.0 Å². The zero-order valence-corrected chi connectivity index (χ0v) is 15.8. The lowest BCUT2D eigenvalue weighted by Gasteiger charge is -2.18. The first-order valence-electron chi connectivity index (χ1n) is 9.30. The monoisotopic (exact) mass is 406 g/mol. The Hall–Kier alpha value is -3.03. The van der Waals surface area contributed by atoms with Gasteiger partial charge in [-0.3, -0.25) is 9.59 Å². The van der Waals surface area contributed by atoms with E-state index in [2.05, 4.69) is 5.32 Å². The third-order valence-corrected chi connectivity index (χ3v) is 4.61. The summed E-state index contributed by atoms with van der Waals surface area (Å²) in [6.07, 6.45) is -3.77. The van der Waals surface area contributed by atoms with E-state index in [9.17, 15) is 22.8 Å². The molecule has 1 heterocycles. The van der Waals surface area contributed by atoms with E-state index in [0.29, 0.717) is 18.0 Å². The largest absolute Gasteiger partial charge is 0.494 e. The molecule has 1 aliphatic rings. The number of rotatable bonds is 6. The second kappa shape index (κ2) is 8.55. The lowest BCUT2D eigenvalue weighted by molar-refractivity contribution is -0.137. The molecular weight excluding hydrogens is 385 g/mol. The van der Waals surface area contributed by atoms with Crippen molar-refractivity contribution in [2.45, 2.75) is 25.9 Å². The predicted octanol–water partition coefficient (Wildman–Crippen LogP) is 4.49. The highest BCUT2D eigenvalue weighted by molar-refractivity contribution is 6.03. The fraction of sp³-hybridized carbons (Fsp3) is 0.333. The number of carbonyl (C=O) groups is 2. The highest BCUT2D eigenvalue weighted by Gasteiger charge is 2.37. The number of carbonyl (C=O) groups excluding carboxylic acids is 2. The van der Waals surface area contributed by atoms with Crippen LogP contribution < -0.4 is 15.0 Å². The molecule has 0 aliphatic carbocycles. The number of anilines is 2. The van der Waals surface area contributed by atoms with E-state index in [1.807, 2.05) is 6.92 Å². The van der Waals surface area contributed by atoms with Crippen molar-refractivity contribution in [1.82, 2.24) is 0 Å². The third-order valence-electron chi connectivity index (χ3n) is 4.61. The first-order valence-corrected chi connectivity index (χ1v) is 9.30. The van der Waals surface area contributed by atoms with Gasteiger partial charge in [-0.05, 0) is 42.8 Å². The first-order chi connectivity index (χ1) is 13.8. The van der Waals surface area contributed by atoms with Gasteiger partial charge in [-0.1, -0.05) is 19.1 Å². The van der Waals surface area contributed by atoms with Gasteiger partial charge in [0, 0.05) is 18.7 Å². The van der Waals surface area contributed by atoms with Crippen LogP contribution in [0.3, 0.4) is 0 Å². The van der Waals surface area contributed by atoms with Crippen molar-refractivity contribution in [3.63, 3.8) is 0 Å². The van der Waals surface area contributed by atoms with Crippen LogP contribution in [0.2, 0.25) is 0 Å². The summed E-state index contributed by atoms with van der Waals surface area (Å²) in [5.74, 6) is -0.919. The van der Waals surface area contributed by atoms with Gasteiger partial charge in [-0.25, -0.2) is 0 Å². The smallest absolute Gasteiger partial charge is 0.418 e. The van der Waals surface area contributed by atoms with Crippen LogP contribution in [0, 0.1) is 5.92 Å². The van der Waals surface area contributed by atoms with Crippen LogP contribution in [0.5, 0.6) is 5.75 Å². The Balaban J connectivity index is 1.68. The number of para-hydroxylation sites is 1. The average Bonchev–Trinajstić information content (AvgIpc) is 3.08. The topological polar surface area (TPSA) is 58.6 Å². The molecule has 154 valence electrons. The van der Waals surface area contributed by atoms with Crippen molar-refractivity contribution in [2.24, 2.45) is 5.92 Å². The molecule has 2 aromatic rings. The summed E-state index contributed by atoms with van der Waals surface area (Å²) in [5.41, 5.74) is -0.615. The van der Waals surface area contributed by atoms with Gasteiger partial charge in [0.25, 0.3) is 0 Å². The molecule has 2 aromatic carbocycles. The second-order valence-electron chi connectivity index (χ2n) is 6.78. The van der Waals surface area contributed by atoms with Crippen LogP contribution in [0.1, 0.15) is 25.3 Å². The summed E-state index contributed by atoms with van der Waals surface area (Å²) in [7, 11) is 0. The van der Waals surface area contributed by atoms with Crippen molar-refractivity contribution in [1.29, 1.82) is 0 Å². The minimum Gasteiger partial charge on any atom is -0.494 e. The number of benzene rings is 2. The lowest BCUT2D eigenvalue weighted by atomic mass is 10.1. The van der Waals surface area contributed by atoms with Gasteiger partial charge in [-0.2, -0.15) is 13.2 Å². The van der Waals surface area contributed by atoms with Crippen LogP contribution >= 0.6 is 0 Å². The molecule has 1 atom stereocenters. The average molecular weight is 406 g/mol. The zero-order chi connectivity index (χ0) is 21.0. The number of hydrogen-bond acceptors (Lipinski definition) is 3. The summed E-state index contributed by atoms with van der Waals surface area (Å²) in [5, 5.41) is 2.33. The van der Waals surface area contributed by atoms with Crippen molar-refractivity contribution in [2.75, 3.05) is 23.4 Å². The summed E-state index contributed by atoms with van der Waals surface area (Å²) in [6.45, 7) is 2.69. The summed E-state index contributed by atoms with van der Waals surface area (Å²) < 4.78 is 44.8.